The fourth-order valence-corrected chi connectivity index (χ4v) is 2.75. The van der Waals surface area contributed by atoms with Crippen LogP contribution in [0.1, 0.15) is 25.0 Å². The van der Waals surface area contributed by atoms with Gasteiger partial charge in [-0.15, -0.1) is 24.1 Å². The first kappa shape index (κ1) is 13.2. The molecule has 0 spiro atoms. The van der Waals surface area contributed by atoms with Crippen LogP contribution in [0.4, 0.5) is 0 Å². The summed E-state index contributed by atoms with van der Waals surface area (Å²) in [6, 6.07) is 0. The average Bonchev–Trinajstić information content (AvgIpc) is 2.83. The van der Waals surface area contributed by atoms with Crippen LogP contribution in [-0.2, 0) is 0 Å². The van der Waals surface area contributed by atoms with Crippen LogP contribution in [0.3, 0.4) is 0 Å². The van der Waals surface area contributed by atoms with E-state index >= 15 is 0 Å². The molecule has 0 saturated heterocycles. The second-order valence-electron chi connectivity index (χ2n) is 4.33. The zero-order valence-corrected chi connectivity index (χ0v) is 11.4. The number of hydrogen-bond donors (Lipinski definition) is 0. The van der Waals surface area contributed by atoms with Gasteiger partial charge < -0.3 is 4.90 Å². The molecule has 1 aromatic heterocycles. The standard InChI is InChI=1S/C13H17N3OS/c1-3-4-5-9-18-13-12(14-17-15-13)11-7-6-8-16(2)10-11/h1,7H,4-6,8-10H2,2H3. The predicted octanol–water partition coefficient (Wildman–Crippen LogP) is 2.29. The summed E-state index contributed by atoms with van der Waals surface area (Å²) in [6.45, 7) is 2.01. The van der Waals surface area contributed by atoms with E-state index in [0.29, 0.717) is 0 Å². The SMILES string of the molecule is C#CCCCSc1nonc1C1=CCCN(C)C1. The first-order valence-corrected chi connectivity index (χ1v) is 7.06. The Balaban J connectivity index is 1.99. The third-order valence-corrected chi connectivity index (χ3v) is 3.84. The first-order valence-electron chi connectivity index (χ1n) is 6.08. The summed E-state index contributed by atoms with van der Waals surface area (Å²) >= 11 is 1.67. The van der Waals surface area contributed by atoms with Gasteiger partial charge in [0.1, 0.15) is 5.69 Å². The quantitative estimate of drug-likeness (QED) is 0.463. The summed E-state index contributed by atoms with van der Waals surface area (Å²) in [5.74, 6) is 3.59. The van der Waals surface area contributed by atoms with E-state index in [9.17, 15) is 0 Å². The summed E-state index contributed by atoms with van der Waals surface area (Å²) in [5, 5.41) is 8.89. The van der Waals surface area contributed by atoms with E-state index < -0.39 is 0 Å². The second-order valence-corrected chi connectivity index (χ2v) is 5.41. The van der Waals surface area contributed by atoms with E-state index in [1.54, 1.807) is 11.8 Å². The van der Waals surface area contributed by atoms with E-state index in [1.165, 1.54) is 5.57 Å². The Bertz CT molecular complexity index is 461. The largest absolute Gasteiger partial charge is 0.302 e. The predicted molar refractivity (Wildman–Crippen MR) is 73.2 cm³/mol. The molecule has 2 rings (SSSR count). The summed E-state index contributed by atoms with van der Waals surface area (Å²) in [7, 11) is 2.11. The summed E-state index contributed by atoms with van der Waals surface area (Å²) in [5.41, 5.74) is 2.11. The number of likely N-dealkylation sites (N-methyl/N-ethyl adjacent to an activating group) is 1. The highest BCUT2D eigenvalue weighted by Gasteiger charge is 2.18. The molecule has 5 heteroatoms. The highest BCUT2D eigenvalue weighted by Crippen LogP contribution is 2.27. The number of terminal acetylenes is 1. The van der Waals surface area contributed by atoms with Crippen LogP contribution in [-0.4, -0.2) is 41.1 Å². The molecule has 0 aromatic carbocycles. The lowest BCUT2D eigenvalue weighted by molar-refractivity contribution is 0.297. The van der Waals surface area contributed by atoms with Crippen molar-refractivity contribution in [3.8, 4) is 12.3 Å². The van der Waals surface area contributed by atoms with Gasteiger partial charge in [0, 0.05) is 25.3 Å². The lowest BCUT2D eigenvalue weighted by atomic mass is 10.1. The minimum absolute atomic E-state index is 0.805. The molecule has 18 heavy (non-hydrogen) atoms. The van der Waals surface area contributed by atoms with Gasteiger partial charge in [0.2, 0.25) is 0 Å². The van der Waals surface area contributed by atoms with Crippen LogP contribution in [0.2, 0.25) is 0 Å². The van der Waals surface area contributed by atoms with E-state index in [-0.39, 0.29) is 0 Å². The maximum absolute atomic E-state index is 5.23. The van der Waals surface area contributed by atoms with E-state index in [4.69, 9.17) is 11.1 Å². The number of rotatable bonds is 5. The van der Waals surface area contributed by atoms with Crippen molar-refractivity contribution < 1.29 is 4.63 Å². The van der Waals surface area contributed by atoms with Crippen LogP contribution < -0.4 is 0 Å². The van der Waals surface area contributed by atoms with Crippen molar-refractivity contribution in [1.29, 1.82) is 0 Å². The molecule has 0 bridgehead atoms. The third kappa shape index (κ3) is 3.37. The topological polar surface area (TPSA) is 42.2 Å². The molecule has 0 aliphatic carbocycles. The molecule has 1 aliphatic heterocycles. The minimum atomic E-state index is 0.805. The first-order chi connectivity index (χ1) is 8.81. The zero-order chi connectivity index (χ0) is 12.8. The minimum Gasteiger partial charge on any atom is -0.302 e. The molecule has 4 nitrogen and oxygen atoms in total. The zero-order valence-electron chi connectivity index (χ0n) is 10.6. The summed E-state index contributed by atoms with van der Waals surface area (Å²) in [4.78, 5) is 2.27. The highest BCUT2D eigenvalue weighted by molar-refractivity contribution is 7.99. The molecule has 0 N–H and O–H groups in total. The summed E-state index contributed by atoms with van der Waals surface area (Å²) in [6.07, 6.45) is 10.3. The lowest BCUT2D eigenvalue weighted by Gasteiger charge is -2.21. The molecule has 0 atom stereocenters. The molecular weight excluding hydrogens is 246 g/mol. The molecule has 0 saturated carbocycles. The molecule has 0 radical (unpaired) electrons. The van der Waals surface area contributed by atoms with E-state index in [2.05, 4.69) is 34.3 Å². The van der Waals surface area contributed by atoms with Crippen molar-refractivity contribution in [2.75, 3.05) is 25.9 Å². The molecule has 0 fully saturated rings. The third-order valence-electron chi connectivity index (χ3n) is 2.81. The fraction of sp³-hybridized carbons (Fsp3) is 0.538. The number of hydrogen-bond acceptors (Lipinski definition) is 5. The fourth-order valence-electron chi connectivity index (χ4n) is 1.88. The van der Waals surface area contributed by atoms with Crippen molar-refractivity contribution in [3.05, 3.63) is 11.8 Å². The van der Waals surface area contributed by atoms with Gasteiger partial charge in [-0.05, 0) is 35.8 Å². The second kappa shape index (κ2) is 6.62. The maximum atomic E-state index is 5.23. The van der Waals surface area contributed by atoms with Gasteiger partial charge in [-0.3, -0.25) is 0 Å². The van der Waals surface area contributed by atoms with Crippen LogP contribution in [0.25, 0.3) is 5.57 Å². The Kier molecular flexibility index (Phi) is 4.85. The molecule has 1 aromatic rings. The van der Waals surface area contributed by atoms with Gasteiger partial charge in [0.15, 0.2) is 5.03 Å². The normalized spacial score (nSPS) is 16.3. The monoisotopic (exact) mass is 263 g/mol. The van der Waals surface area contributed by atoms with Crippen LogP contribution in [0, 0.1) is 12.3 Å². The van der Waals surface area contributed by atoms with E-state index in [0.717, 1.165) is 48.8 Å². The Labute approximate surface area is 112 Å². The average molecular weight is 263 g/mol. The van der Waals surface area contributed by atoms with Crippen LogP contribution in [0.15, 0.2) is 15.7 Å². The van der Waals surface area contributed by atoms with Gasteiger partial charge in [0.25, 0.3) is 0 Å². The molecule has 1 aliphatic rings. The summed E-state index contributed by atoms with van der Waals surface area (Å²) < 4.78 is 4.87. The van der Waals surface area contributed by atoms with Crippen molar-refractivity contribution in [2.45, 2.75) is 24.3 Å². The number of nitrogens with zero attached hydrogens (tertiary/aromatic N) is 3. The lowest BCUT2D eigenvalue weighted by Crippen LogP contribution is -2.25. The number of aromatic nitrogens is 2. The maximum Gasteiger partial charge on any atom is 0.168 e. The van der Waals surface area contributed by atoms with Gasteiger partial charge in [-0.1, -0.05) is 6.08 Å². The Morgan fingerprint density at radius 2 is 2.44 bits per heavy atom. The molecule has 0 amide bonds. The van der Waals surface area contributed by atoms with Crippen molar-refractivity contribution in [2.24, 2.45) is 0 Å². The smallest absolute Gasteiger partial charge is 0.168 e. The van der Waals surface area contributed by atoms with Crippen LogP contribution >= 0.6 is 11.8 Å². The molecule has 0 unspecified atom stereocenters. The Morgan fingerprint density at radius 1 is 1.56 bits per heavy atom. The van der Waals surface area contributed by atoms with Crippen molar-refractivity contribution in [3.63, 3.8) is 0 Å². The number of thioether (sulfide) groups is 1. The van der Waals surface area contributed by atoms with Gasteiger partial charge >= 0.3 is 0 Å². The van der Waals surface area contributed by atoms with Crippen LogP contribution in [0.5, 0.6) is 0 Å². The highest BCUT2D eigenvalue weighted by atomic mass is 32.2. The van der Waals surface area contributed by atoms with E-state index in [1.807, 2.05) is 0 Å². The molecule has 2 heterocycles. The van der Waals surface area contributed by atoms with Crippen molar-refractivity contribution in [1.82, 2.24) is 15.2 Å². The molecular formula is C13H17N3OS. The van der Waals surface area contributed by atoms with Gasteiger partial charge in [0.05, 0.1) is 0 Å². The Morgan fingerprint density at radius 3 is 3.22 bits per heavy atom. The Hall–Kier alpha value is -1.25. The number of unbranched alkanes of at least 4 members (excludes halogenated alkanes) is 1. The van der Waals surface area contributed by atoms with Gasteiger partial charge in [-0.2, -0.15) is 0 Å². The van der Waals surface area contributed by atoms with Crippen molar-refractivity contribution >= 4 is 17.3 Å². The van der Waals surface area contributed by atoms with Gasteiger partial charge in [-0.25, -0.2) is 4.63 Å². The molecule has 96 valence electrons.